The SMILES string of the molecule is CCOC(=O)N1CCC(n2cnc3cccnc3c2=O)CC1. The zero-order valence-electron chi connectivity index (χ0n) is 12.4. The molecule has 1 saturated heterocycles. The molecule has 0 radical (unpaired) electrons. The van der Waals surface area contributed by atoms with Gasteiger partial charge in [0.15, 0.2) is 5.52 Å². The number of fused-ring (bicyclic) bond motifs is 1. The Bertz CT molecular complexity index is 735. The van der Waals surface area contributed by atoms with Crippen LogP contribution in [0.25, 0.3) is 11.0 Å². The van der Waals surface area contributed by atoms with E-state index in [1.807, 2.05) is 0 Å². The van der Waals surface area contributed by atoms with Crippen LogP contribution >= 0.6 is 0 Å². The maximum absolute atomic E-state index is 12.5. The second-order valence-corrected chi connectivity index (χ2v) is 5.25. The number of piperidine rings is 1. The Hall–Kier alpha value is -2.44. The molecule has 0 aliphatic carbocycles. The van der Waals surface area contributed by atoms with Crippen molar-refractivity contribution in [2.45, 2.75) is 25.8 Å². The van der Waals surface area contributed by atoms with Crippen LogP contribution in [0.4, 0.5) is 4.79 Å². The number of pyridine rings is 1. The lowest BCUT2D eigenvalue weighted by atomic mass is 10.1. The minimum atomic E-state index is -0.286. The van der Waals surface area contributed by atoms with Gasteiger partial charge in [0.05, 0.1) is 18.5 Å². The number of amides is 1. The van der Waals surface area contributed by atoms with Crippen molar-refractivity contribution >= 4 is 17.1 Å². The Morgan fingerprint density at radius 3 is 2.86 bits per heavy atom. The van der Waals surface area contributed by atoms with Crippen molar-refractivity contribution in [2.75, 3.05) is 19.7 Å². The lowest BCUT2D eigenvalue weighted by molar-refractivity contribution is 0.0923. The first kappa shape index (κ1) is 14.5. The molecule has 0 atom stereocenters. The smallest absolute Gasteiger partial charge is 0.409 e. The van der Waals surface area contributed by atoms with Gasteiger partial charge in [-0.1, -0.05) is 0 Å². The number of carbonyl (C=O) groups excluding carboxylic acids is 1. The van der Waals surface area contributed by atoms with Gasteiger partial charge in [0, 0.05) is 25.3 Å². The molecule has 7 nitrogen and oxygen atoms in total. The highest BCUT2D eigenvalue weighted by molar-refractivity contribution is 5.72. The number of carbonyl (C=O) groups is 1. The van der Waals surface area contributed by atoms with Crippen molar-refractivity contribution in [3.8, 4) is 0 Å². The number of aromatic nitrogens is 3. The second-order valence-electron chi connectivity index (χ2n) is 5.25. The first-order valence-electron chi connectivity index (χ1n) is 7.44. The van der Waals surface area contributed by atoms with Gasteiger partial charge in [0.25, 0.3) is 5.56 Å². The number of hydrogen-bond acceptors (Lipinski definition) is 5. The van der Waals surface area contributed by atoms with E-state index in [1.165, 1.54) is 0 Å². The molecule has 7 heteroatoms. The average Bonchev–Trinajstić information content (AvgIpc) is 2.56. The van der Waals surface area contributed by atoms with Gasteiger partial charge in [-0.3, -0.25) is 9.36 Å². The summed E-state index contributed by atoms with van der Waals surface area (Å²) in [5.74, 6) is 0. The molecule has 0 spiro atoms. The first-order chi connectivity index (χ1) is 10.7. The maximum atomic E-state index is 12.5. The lowest BCUT2D eigenvalue weighted by Gasteiger charge is -2.31. The van der Waals surface area contributed by atoms with E-state index in [1.54, 1.807) is 41.0 Å². The molecule has 1 amide bonds. The van der Waals surface area contributed by atoms with E-state index in [9.17, 15) is 9.59 Å². The molecule has 2 aromatic rings. The molecular weight excluding hydrogens is 284 g/mol. The summed E-state index contributed by atoms with van der Waals surface area (Å²) in [6.45, 7) is 3.32. The van der Waals surface area contributed by atoms with Crippen molar-refractivity contribution in [3.63, 3.8) is 0 Å². The largest absolute Gasteiger partial charge is 0.450 e. The predicted molar refractivity (Wildman–Crippen MR) is 80.7 cm³/mol. The minimum absolute atomic E-state index is 0.0390. The molecule has 3 rings (SSSR count). The standard InChI is InChI=1S/C15H18N4O3/c1-2-22-15(21)18-8-5-11(6-9-18)19-10-17-12-4-3-7-16-13(12)14(19)20/h3-4,7,10-11H,2,5-6,8-9H2,1H3. The molecule has 116 valence electrons. The molecule has 1 aliphatic heterocycles. The topological polar surface area (TPSA) is 77.3 Å². The number of rotatable bonds is 2. The third kappa shape index (κ3) is 2.66. The van der Waals surface area contributed by atoms with Crippen LogP contribution in [-0.4, -0.2) is 45.2 Å². The van der Waals surface area contributed by atoms with Gasteiger partial charge in [-0.25, -0.2) is 14.8 Å². The van der Waals surface area contributed by atoms with Crippen LogP contribution in [0.2, 0.25) is 0 Å². The molecule has 2 aromatic heterocycles. The van der Waals surface area contributed by atoms with Gasteiger partial charge in [-0.2, -0.15) is 0 Å². The summed E-state index contributed by atoms with van der Waals surface area (Å²) in [5.41, 5.74) is 0.866. The normalized spacial score (nSPS) is 16.0. The zero-order chi connectivity index (χ0) is 15.5. The quantitative estimate of drug-likeness (QED) is 0.842. The van der Waals surface area contributed by atoms with E-state index < -0.39 is 0 Å². The molecule has 0 bridgehead atoms. The Labute approximate surface area is 127 Å². The highest BCUT2D eigenvalue weighted by Gasteiger charge is 2.25. The summed E-state index contributed by atoms with van der Waals surface area (Å²) in [6.07, 6.45) is 4.31. The summed E-state index contributed by atoms with van der Waals surface area (Å²) >= 11 is 0. The predicted octanol–water partition coefficient (Wildman–Crippen LogP) is 1.58. The molecule has 1 aliphatic rings. The minimum Gasteiger partial charge on any atom is -0.450 e. The Morgan fingerprint density at radius 2 is 2.14 bits per heavy atom. The van der Waals surface area contributed by atoms with Gasteiger partial charge >= 0.3 is 6.09 Å². The third-order valence-electron chi connectivity index (χ3n) is 3.93. The summed E-state index contributed by atoms with van der Waals surface area (Å²) in [7, 11) is 0. The zero-order valence-corrected chi connectivity index (χ0v) is 12.4. The highest BCUT2D eigenvalue weighted by atomic mass is 16.6. The molecular formula is C15H18N4O3. The Morgan fingerprint density at radius 1 is 1.36 bits per heavy atom. The van der Waals surface area contributed by atoms with E-state index in [4.69, 9.17) is 4.74 Å². The van der Waals surface area contributed by atoms with Crippen LogP contribution in [0.5, 0.6) is 0 Å². The van der Waals surface area contributed by atoms with Gasteiger partial charge in [0.1, 0.15) is 0 Å². The Balaban J connectivity index is 1.78. The maximum Gasteiger partial charge on any atom is 0.409 e. The molecule has 3 heterocycles. The monoisotopic (exact) mass is 302 g/mol. The van der Waals surface area contributed by atoms with Crippen LogP contribution in [0.15, 0.2) is 29.5 Å². The first-order valence-corrected chi connectivity index (χ1v) is 7.44. The number of ether oxygens (including phenoxy) is 1. The third-order valence-corrected chi connectivity index (χ3v) is 3.93. The van der Waals surface area contributed by atoms with Gasteiger partial charge in [0.2, 0.25) is 0 Å². The number of hydrogen-bond donors (Lipinski definition) is 0. The molecule has 22 heavy (non-hydrogen) atoms. The Kier molecular flexibility index (Phi) is 4.04. The van der Waals surface area contributed by atoms with Crippen molar-refractivity contribution in [1.82, 2.24) is 19.4 Å². The summed E-state index contributed by atoms with van der Waals surface area (Å²) in [4.78, 5) is 34.3. The fraction of sp³-hybridized carbons (Fsp3) is 0.467. The van der Waals surface area contributed by atoms with E-state index >= 15 is 0 Å². The van der Waals surface area contributed by atoms with Crippen molar-refractivity contribution in [2.24, 2.45) is 0 Å². The van der Waals surface area contributed by atoms with Crippen molar-refractivity contribution in [3.05, 3.63) is 35.0 Å². The van der Waals surface area contributed by atoms with Crippen molar-refractivity contribution < 1.29 is 9.53 Å². The van der Waals surface area contributed by atoms with Gasteiger partial charge in [-0.15, -0.1) is 0 Å². The van der Waals surface area contributed by atoms with Crippen LogP contribution < -0.4 is 5.56 Å². The van der Waals surface area contributed by atoms with E-state index in [0.717, 1.165) is 0 Å². The van der Waals surface area contributed by atoms with Crippen LogP contribution in [0.3, 0.4) is 0 Å². The summed E-state index contributed by atoms with van der Waals surface area (Å²) in [6, 6.07) is 3.58. The van der Waals surface area contributed by atoms with Crippen LogP contribution in [0, 0.1) is 0 Å². The number of nitrogens with zero attached hydrogens (tertiary/aromatic N) is 4. The molecule has 0 saturated carbocycles. The fourth-order valence-electron chi connectivity index (χ4n) is 2.77. The summed E-state index contributed by atoms with van der Waals surface area (Å²) in [5, 5.41) is 0. The number of likely N-dealkylation sites (tertiary alicyclic amines) is 1. The lowest BCUT2D eigenvalue weighted by Crippen LogP contribution is -2.41. The molecule has 0 unspecified atom stereocenters. The van der Waals surface area contributed by atoms with Gasteiger partial charge < -0.3 is 9.64 Å². The van der Waals surface area contributed by atoms with E-state index in [0.29, 0.717) is 43.6 Å². The summed E-state index contributed by atoms with van der Waals surface area (Å²) < 4.78 is 6.64. The molecule has 0 N–H and O–H groups in total. The average molecular weight is 302 g/mol. The second kappa shape index (κ2) is 6.13. The van der Waals surface area contributed by atoms with E-state index in [-0.39, 0.29) is 17.7 Å². The molecule has 1 fully saturated rings. The van der Waals surface area contributed by atoms with Crippen LogP contribution in [0.1, 0.15) is 25.8 Å². The molecule has 0 aromatic carbocycles. The van der Waals surface area contributed by atoms with Crippen LogP contribution in [-0.2, 0) is 4.74 Å². The van der Waals surface area contributed by atoms with Crippen molar-refractivity contribution in [1.29, 1.82) is 0 Å². The fourth-order valence-corrected chi connectivity index (χ4v) is 2.77. The highest BCUT2D eigenvalue weighted by Crippen LogP contribution is 2.21. The van der Waals surface area contributed by atoms with Gasteiger partial charge in [-0.05, 0) is 31.9 Å². The van der Waals surface area contributed by atoms with E-state index in [2.05, 4.69) is 9.97 Å².